The molecule has 8 heteroatoms. The second-order valence-electron chi connectivity index (χ2n) is 8.44. The molecule has 0 aromatic carbocycles. The third-order valence-electron chi connectivity index (χ3n) is 6.29. The molecule has 3 aromatic rings. The van der Waals surface area contributed by atoms with Crippen LogP contribution in [0.5, 0.6) is 0 Å². The van der Waals surface area contributed by atoms with Crippen molar-refractivity contribution in [2.45, 2.75) is 38.9 Å². The van der Waals surface area contributed by atoms with E-state index in [2.05, 4.69) is 30.6 Å². The summed E-state index contributed by atoms with van der Waals surface area (Å²) >= 11 is 0. The Labute approximate surface area is 182 Å². The van der Waals surface area contributed by atoms with Gasteiger partial charge in [0.1, 0.15) is 0 Å². The van der Waals surface area contributed by atoms with Gasteiger partial charge in [-0.1, -0.05) is 0 Å². The molecule has 2 aliphatic heterocycles. The summed E-state index contributed by atoms with van der Waals surface area (Å²) in [6.07, 6.45) is 7.18. The number of rotatable bonds is 6. The number of aryl methyl sites for hydroxylation is 2. The lowest BCUT2D eigenvalue weighted by Gasteiger charge is -2.34. The van der Waals surface area contributed by atoms with Gasteiger partial charge in [-0.2, -0.15) is 10.2 Å². The molecule has 0 bridgehead atoms. The van der Waals surface area contributed by atoms with E-state index >= 15 is 0 Å². The lowest BCUT2D eigenvalue weighted by Crippen LogP contribution is -2.47. The van der Waals surface area contributed by atoms with Crippen molar-refractivity contribution in [3.8, 4) is 11.3 Å². The highest BCUT2D eigenvalue weighted by Gasteiger charge is 2.19. The van der Waals surface area contributed by atoms with Crippen molar-refractivity contribution in [1.29, 1.82) is 0 Å². The highest BCUT2D eigenvalue weighted by molar-refractivity contribution is 5.56. The van der Waals surface area contributed by atoms with Crippen LogP contribution in [0.25, 0.3) is 11.3 Å². The summed E-state index contributed by atoms with van der Waals surface area (Å²) in [6.45, 7) is 7.51. The molecular formula is C23H29N7O. The molecule has 0 amide bonds. The molecule has 0 N–H and O–H groups in total. The first-order valence-electron chi connectivity index (χ1n) is 11.2. The van der Waals surface area contributed by atoms with Crippen LogP contribution in [0, 0.1) is 0 Å². The topological polar surface area (TPSA) is 72.1 Å². The molecule has 5 heterocycles. The van der Waals surface area contributed by atoms with Gasteiger partial charge in [0.25, 0.3) is 5.56 Å². The van der Waals surface area contributed by atoms with E-state index in [1.807, 2.05) is 12.1 Å². The van der Waals surface area contributed by atoms with Crippen molar-refractivity contribution in [3.63, 3.8) is 0 Å². The van der Waals surface area contributed by atoms with Crippen molar-refractivity contribution in [2.75, 3.05) is 32.7 Å². The number of hydrogen-bond acceptors (Lipinski definition) is 6. The zero-order chi connectivity index (χ0) is 21.0. The minimum absolute atomic E-state index is 0.0554. The van der Waals surface area contributed by atoms with Gasteiger partial charge in [-0.3, -0.25) is 24.3 Å². The summed E-state index contributed by atoms with van der Waals surface area (Å²) in [4.78, 5) is 21.2. The van der Waals surface area contributed by atoms with Crippen molar-refractivity contribution in [1.82, 2.24) is 34.3 Å². The monoisotopic (exact) mass is 419 g/mol. The van der Waals surface area contributed by atoms with Crippen molar-refractivity contribution in [3.05, 3.63) is 64.5 Å². The van der Waals surface area contributed by atoms with Crippen LogP contribution in [0.2, 0.25) is 0 Å². The molecule has 31 heavy (non-hydrogen) atoms. The Morgan fingerprint density at radius 3 is 2.45 bits per heavy atom. The Kier molecular flexibility index (Phi) is 5.90. The third kappa shape index (κ3) is 4.75. The molecule has 5 rings (SSSR count). The molecule has 0 spiro atoms. The second kappa shape index (κ2) is 9.11. The Balaban J connectivity index is 1.14. The van der Waals surface area contributed by atoms with E-state index in [0.29, 0.717) is 6.54 Å². The van der Waals surface area contributed by atoms with Crippen LogP contribution in [-0.2, 0) is 26.1 Å². The summed E-state index contributed by atoms with van der Waals surface area (Å²) in [5, 5.41) is 9.35. The molecule has 0 saturated carbocycles. The highest BCUT2D eigenvalue weighted by atomic mass is 16.1. The maximum absolute atomic E-state index is 12.3. The average molecular weight is 420 g/mol. The molecule has 0 atom stereocenters. The summed E-state index contributed by atoms with van der Waals surface area (Å²) < 4.78 is 3.78. The van der Waals surface area contributed by atoms with Gasteiger partial charge in [0, 0.05) is 75.5 Å². The van der Waals surface area contributed by atoms with E-state index in [1.54, 1.807) is 29.2 Å². The van der Waals surface area contributed by atoms with Crippen molar-refractivity contribution >= 4 is 0 Å². The van der Waals surface area contributed by atoms with Crippen LogP contribution in [0.3, 0.4) is 0 Å². The van der Waals surface area contributed by atoms with Gasteiger partial charge in [0.05, 0.1) is 17.9 Å². The van der Waals surface area contributed by atoms with Crippen LogP contribution in [-0.4, -0.2) is 67.1 Å². The number of pyridine rings is 1. The lowest BCUT2D eigenvalue weighted by atomic mass is 10.1. The van der Waals surface area contributed by atoms with E-state index in [1.165, 1.54) is 24.2 Å². The molecule has 1 fully saturated rings. The van der Waals surface area contributed by atoms with Gasteiger partial charge >= 0.3 is 0 Å². The van der Waals surface area contributed by atoms with Crippen molar-refractivity contribution < 1.29 is 0 Å². The second-order valence-corrected chi connectivity index (χ2v) is 8.44. The first kappa shape index (κ1) is 20.1. The van der Waals surface area contributed by atoms with E-state index in [0.717, 1.165) is 63.5 Å². The minimum Gasteiger partial charge on any atom is -0.299 e. The minimum atomic E-state index is -0.0554. The fraction of sp³-hybridized carbons (Fsp3) is 0.478. The van der Waals surface area contributed by atoms with Crippen LogP contribution < -0.4 is 5.56 Å². The zero-order valence-electron chi connectivity index (χ0n) is 17.9. The third-order valence-corrected chi connectivity index (χ3v) is 6.29. The largest absolute Gasteiger partial charge is 0.299 e. The number of nitrogens with zero attached hydrogens (tertiary/aromatic N) is 7. The van der Waals surface area contributed by atoms with E-state index in [-0.39, 0.29) is 5.56 Å². The normalized spacial score (nSPS) is 17.5. The fourth-order valence-corrected chi connectivity index (χ4v) is 4.48. The molecule has 0 radical (unpaired) electrons. The SMILES string of the molecule is O=c1ccc(-c2ccncc2)nn1CCN1CCN(Cc2cc3n(n2)CCCC3)CC1. The predicted octanol–water partition coefficient (Wildman–Crippen LogP) is 1.66. The molecule has 8 nitrogen and oxygen atoms in total. The van der Waals surface area contributed by atoms with Gasteiger partial charge in [-0.25, -0.2) is 4.68 Å². The summed E-state index contributed by atoms with van der Waals surface area (Å²) in [5.41, 5.74) is 4.31. The van der Waals surface area contributed by atoms with Gasteiger partial charge in [0.2, 0.25) is 0 Å². The maximum Gasteiger partial charge on any atom is 0.266 e. The van der Waals surface area contributed by atoms with Gasteiger partial charge < -0.3 is 0 Å². The first-order chi connectivity index (χ1) is 15.2. The fourth-order valence-electron chi connectivity index (χ4n) is 4.48. The Morgan fingerprint density at radius 1 is 0.839 bits per heavy atom. The molecule has 3 aromatic heterocycles. The van der Waals surface area contributed by atoms with Gasteiger partial charge in [0.15, 0.2) is 0 Å². The quantitative estimate of drug-likeness (QED) is 0.605. The number of hydrogen-bond donors (Lipinski definition) is 0. The Hall–Kier alpha value is -2.84. The summed E-state index contributed by atoms with van der Waals surface area (Å²) in [5.74, 6) is 0. The highest BCUT2D eigenvalue weighted by Crippen LogP contribution is 2.17. The Bertz CT molecular complexity index is 1040. The molecule has 0 aliphatic carbocycles. The average Bonchev–Trinajstić information content (AvgIpc) is 3.22. The van der Waals surface area contributed by atoms with Crippen LogP contribution in [0.1, 0.15) is 24.2 Å². The van der Waals surface area contributed by atoms with Crippen molar-refractivity contribution in [2.24, 2.45) is 0 Å². The Morgan fingerprint density at radius 2 is 1.65 bits per heavy atom. The van der Waals surface area contributed by atoms with E-state index in [4.69, 9.17) is 5.10 Å². The van der Waals surface area contributed by atoms with E-state index in [9.17, 15) is 4.79 Å². The predicted molar refractivity (Wildman–Crippen MR) is 119 cm³/mol. The molecule has 0 unspecified atom stereocenters. The molecular weight excluding hydrogens is 390 g/mol. The van der Waals surface area contributed by atoms with Gasteiger partial charge in [-0.05, 0) is 43.5 Å². The number of piperazine rings is 1. The standard InChI is InChI=1S/C23H29N7O/c31-23-5-4-22(19-6-8-24-9-7-19)26-30(23)16-15-27-11-13-28(14-12-27)18-20-17-21-3-1-2-10-29(21)25-20/h4-9,17H,1-3,10-16,18H2. The van der Waals surface area contributed by atoms with Crippen LogP contribution >= 0.6 is 0 Å². The van der Waals surface area contributed by atoms with E-state index < -0.39 is 0 Å². The van der Waals surface area contributed by atoms with Crippen LogP contribution in [0.4, 0.5) is 0 Å². The number of fused-ring (bicyclic) bond motifs is 1. The zero-order valence-corrected chi connectivity index (χ0v) is 17.9. The van der Waals surface area contributed by atoms with Gasteiger partial charge in [-0.15, -0.1) is 0 Å². The first-order valence-corrected chi connectivity index (χ1v) is 11.2. The summed E-state index contributed by atoms with van der Waals surface area (Å²) in [6, 6.07) is 9.49. The number of aromatic nitrogens is 5. The lowest BCUT2D eigenvalue weighted by molar-refractivity contribution is 0.121. The molecule has 2 aliphatic rings. The molecule has 162 valence electrons. The summed E-state index contributed by atoms with van der Waals surface area (Å²) in [7, 11) is 0. The maximum atomic E-state index is 12.3. The smallest absolute Gasteiger partial charge is 0.266 e. The van der Waals surface area contributed by atoms with Crippen LogP contribution in [0.15, 0.2) is 47.5 Å². The molecule has 1 saturated heterocycles.